The van der Waals surface area contributed by atoms with Gasteiger partial charge in [0.1, 0.15) is 22.0 Å². The van der Waals surface area contributed by atoms with Crippen LogP contribution in [0, 0.1) is 6.92 Å². The van der Waals surface area contributed by atoms with Crippen molar-refractivity contribution in [3.63, 3.8) is 0 Å². The minimum Gasteiger partial charge on any atom is -0.494 e. The Bertz CT molecular complexity index is 922. The Kier molecular flexibility index (Phi) is 4.87. The van der Waals surface area contributed by atoms with Gasteiger partial charge in [0.25, 0.3) is 5.91 Å². The van der Waals surface area contributed by atoms with Gasteiger partial charge in [-0.1, -0.05) is 35.1 Å². The smallest absolute Gasteiger partial charge is 0.268 e. The number of benzene rings is 1. The molecule has 2 heterocycles. The average Bonchev–Trinajstić information content (AvgIpc) is 3.00. The number of rotatable bonds is 4. The summed E-state index contributed by atoms with van der Waals surface area (Å²) in [5, 5.41) is 3.56. The third-order valence-electron chi connectivity index (χ3n) is 3.53. The van der Waals surface area contributed by atoms with E-state index in [9.17, 15) is 4.79 Å². The fourth-order valence-electron chi connectivity index (χ4n) is 2.34. The van der Waals surface area contributed by atoms with Gasteiger partial charge in [0.15, 0.2) is 5.13 Å². The van der Waals surface area contributed by atoms with Crippen LogP contribution in [-0.2, 0) is 0 Å². The molecule has 1 aromatic carbocycles. The van der Waals surface area contributed by atoms with E-state index in [0.717, 1.165) is 16.9 Å². The van der Waals surface area contributed by atoms with Crippen LogP contribution in [0.25, 0.3) is 11.4 Å². The quantitative estimate of drug-likeness (QED) is 0.720. The summed E-state index contributed by atoms with van der Waals surface area (Å²) in [6.07, 6.45) is 1.60. The Labute approximate surface area is 153 Å². The molecular formula is C17H15ClN4O2S. The molecular weight excluding hydrogens is 360 g/mol. The van der Waals surface area contributed by atoms with Crippen LogP contribution in [0.2, 0.25) is 5.02 Å². The van der Waals surface area contributed by atoms with E-state index < -0.39 is 0 Å². The first kappa shape index (κ1) is 17.2. The highest BCUT2D eigenvalue weighted by Crippen LogP contribution is 2.35. The number of carbonyl (C=O) groups excluding carboxylic acids is 1. The Morgan fingerprint density at radius 2 is 2.08 bits per heavy atom. The molecule has 0 fully saturated rings. The number of pyridine rings is 1. The highest BCUT2D eigenvalue weighted by atomic mass is 35.5. The van der Waals surface area contributed by atoms with Crippen molar-refractivity contribution in [2.24, 2.45) is 0 Å². The summed E-state index contributed by atoms with van der Waals surface area (Å²) >= 11 is 7.27. The fourth-order valence-corrected chi connectivity index (χ4v) is 3.34. The molecule has 3 rings (SSSR count). The van der Waals surface area contributed by atoms with Crippen LogP contribution >= 0.6 is 22.9 Å². The number of nitrogens with one attached hydrogen (secondary N) is 1. The third kappa shape index (κ3) is 3.42. The van der Waals surface area contributed by atoms with Crippen molar-refractivity contribution in [3.05, 3.63) is 52.0 Å². The molecule has 0 unspecified atom stereocenters. The number of thiazole rings is 1. The van der Waals surface area contributed by atoms with Gasteiger partial charge < -0.3 is 15.8 Å². The number of halogens is 1. The topological polar surface area (TPSA) is 90.1 Å². The van der Waals surface area contributed by atoms with Crippen LogP contribution in [-0.4, -0.2) is 23.0 Å². The molecule has 128 valence electrons. The lowest BCUT2D eigenvalue weighted by Crippen LogP contribution is -2.13. The third-order valence-corrected chi connectivity index (χ3v) is 4.72. The number of hydrogen-bond acceptors (Lipinski definition) is 6. The first-order chi connectivity index (χ1) is 12.0. The van der Waals surface area contributed by atoms with Crippen molar-refractivity contribution in [2.75, 3.05) is 18.2 Å². The number of aryl methyl sites for hydroxylation is 1. The summed E-state index contributed by atoms with van der Waals surface area (Å²) in [4.78, 5) is 21.7. The number of carbonyl (C=O) groups is 1. The largest absolute Gasteiger partial charge is 0.494 e. The zero-order valence-electron chi connectivity index (χ0n) is 13.5. The van der Waals surface area contributed by atoms with E-state index in [1.807, 2.05) is 19.1 Å². The second-order valence-electron chi connectivity index (χ2n) is 5.17. The van der Waals surface area contributed by atoms with Crippen molar-refractivity contribution in [3.8, 4) is 17.1 Å². The van der Waals surface area contributed by atoms with Gasteiger partial charge in [-0.3, -0.25) is 9.78 Å². The van der Waals surface area contributed by atoms with Crippen molar-refractivity contribution in [1.82, 2.24) is 9.97 Å². The van der Waals surface area contributed by atoms with Crippen molar-refractivity contribution < 1.29 is 9.53 Å². The molecule has 0 aliphatic rings. The van der Waals surface area contributed by atoms with Gasteiger partial charge in [-0.15, -0.1) is 0 Å². The average molecular weight is 375 g/mol. The lowest BCUT2D eigenvalue weighted by atomic mass is 10.2. The molecule has 0 saturated carbocycles. The summed E-state index contributed by atoms with van der Waals surface area (Å²) in [6.45, 7) is 1.87. The molecule has 3 N–H and O–H groups in total. The van der Waals surface area contributed by atoms with Crippen LogP contribution in [0.3, 0.4) is 0 Å². The number of anilines is 2. The molecule has 0 bridgehead atoms. The zero-order chi connectivity index (χ0) is 18.0. The second-order valence-corrected chi connectivity index (χ2v) is 6.61. The number of hydrogen-bond donors (Lipinski definition) is 2. The molecule has 6 nitrogen and oxygen atoms in total. The van der Waals surface area contributed by atoms with Gasteiger partial charge in [-0.2, -0.15) is 0 Å². The normalized spacial score (nSPS) is 10.5. The number of methoxy groups -OCH3 is 1. The molecule has 8 heteroatoms. The van der Waals surface area contributed by atoms with Crippen LogP contribution < -0.4 is 15.8 Å². The highest BCUT2D eigenvalue weighted by Gasteiger charge is 2.23. The molecule has 3 aromatic rings. The van der Waals surface area contributed by atoms with E-state index in [1.165, 1.54) is 7.11 Å². The first-order valence-corrected chi connectivity index (χ1v) is 8.53. The highest BCUT2D eigenvalue weighted by molar-refractivity contribution is 7.17. The number of ether oxygens (including phenoxy) is 1. The molecule has 0 aliphatic carbocycles. The number of nitrogens with two attached hydrogens (primary N) is 1. The SMILES string of the molecule is COc1cccnc1-c1nc(N)sc1C(=O)Nc1c(C)cccc1Cl. The predicted octanol–water partition coefficient (Wildman–Crippen LogP) is 4.01. The first-order valence-electron chi connectivity index (χ1n) is 7.33. The van der Waals surface area contributed by atoms with Crippen LogP contribution in [0.1, 0.15) is 15.2 Å². The molecule has 0 saturated heterocycles. The van der Waals surface area contributed by atoms with Gasteiger partial charge in [-0.25, -0.2) is 4.98 Å². The molecule has 2 aromatic heterocycles. The van der Waals surface area contributed by atoms with E-state index in [-0.39, 0.29) is 11.0 Å². The second kappa shape index (κ2) is 7.08. The molecule has 25 heavy (non-hydrogen) atoms. The molecule has 0 aliphatic heterocycles. The van der Waals surface area contributed by atoms with E-state index in [0.29, 0.717) is 32.7 Å². The number of amides is 1. The van der Waals surface area contributed by atoms with E-state index in [4.69, 9.17) is 22.1 Å². The Morgan fingerprint density at radius 1 is 1.28 bits per heavy atom. The van der Waals surface area contributed by atoms with Crippen LogP contribution in [0.15, 0.2) is 36.5 Å². The Morgan fingerprint density at radius 3 is 2.80 bits per heavy atom. The van der Waals surface area contributed by atoms with Crippen molar-refractivity contribution in [2.45, 2.75) is 6.92 Å². The number of nitrogens with zero attached hydrogens (tertiary/aromatic N) is 2. The fraction of sp³-hybridized carbons (Fsp3) is 0.118. The van der Waals surface area contributed by atoms with Crippen molar-refractivity contribution in [1.29, 1.82) is 0 Å². The number of aromatic nitrogens is 2. The predicted molar refractivity (Wildman–Crippen MR) is 100 cm³/mol. The van der Waals surface area contributed by atoms with Gasteiger partial charge in [0.2, 0.25) is 0 Å². The minimum absolute atomic E-state index is 0.267. The molecule has 0 radical (unpaired) electrons. The van der Waals surface area contributed by atoms with Crippen molar-refractivity contribution >= 4 is 39.7 Å². The van der Waals surface area contributed by atoms with E-state index >= 15 is 0 Å². The summed E-state index contributed by atoms with van der Waals surface area (Å²) in [5.41, 5.74) is 8.08. The summed E-state index contributed by atoms with van der Waals surface area (Å²) < 4.78 is 5.31. The summed E-state index contributed by atoms with van der Waals surface area (Å²) in [7, 11) is 1.53. The number of nitrogen functional groups attached to an aromatic ring is 1. The van der Waals surface area contributed by atoms with Gasteiger partial charge in [-0.05, 0) is 30.7 Å². The summed E-state index contributed by atoms with van der Waals surface area (Å²) in [6, 6.07) is 8.89. The lowest BCUT2D eigenvalue weighted by molar-refractivity contribution is 0.103. The van der Waals surface area contributed by atoms with Gasteiger partial charge in [0.05, 0.1) is 17.8 Å². The molecule has 1 amide bonds. The molecule has 0 spiro atoms. The maximum atomic E-state index is 12.8. The standard InChI is InChI=1S/C17H15ClN4O2S/c1-9-5-3-6-10(18)12(9)21-16(23)15-14(22-17(19)25-15)13-11(24-2)7-4-8-20-13/h3-8H,1-2H3,(H2,19,22)(H,21,23). The monoisotopic (exact) mass is 374 g/mol. The maximum Gasteiger partial charge on any atom is 0.268 e. The van der Waals surface area contributed by atoms with E-state index in [1.54, 1.807) is 24.4 Å². The Hall–Kier alpha value is -2.64. The van der Waals surface area contributed by atoms with Gasteiger partial charge >= 0.3 is 0 Å². The Balaban J connectivity index is 2.02. The zero-order valence-corrected chi connectivity index (χ0v) is 15.1. The van der Waals surface area contributed by atoms with Gasteiger partial charge in [0, 0.05) is 6.20 Å². The van der Waals surface area contributed by atoms with E-state index in [2.05, 4.69) is 15.3 Å². The maximum absolute atomic E-state index is 12.8. The van der Waals surface area contributed by atoms with Crippen LogP contribution in [0.5, 0.6) is 5.75 Å². The van der Waals surface area contributed by atoms with Crippen LogP contribution in [0.4, 0.5) is 10.8 Å². The number of para-hydroxylation sites is 1. The molecule has 0 atom stereocenters. The minimum atomic E-state index is -0.354. The summed E-state index contributed by atoms with van der Waals surface area (Å²) in [5.74, 6) is 0.156. The lowest BCUT2D eigenvalue weighted by Gasteiger charge is -2.10.